The molecule has 5 heteroatoms. The summed E-state index contributed by atoms with van der Waals surface area (Å²) in [5.74, 6) is 0. The van der Waals surface area contributed by atoms with E-state index in [2.05, 4.69) is 5.43 Å². The number of fused-ring (bicyclic) bond motifs is 1. The van der Waals surface area contributed by atoms with Crippen molar-refractivity contribution >= 4 is 16.9 Å². The highest BCUT2D eigenvalue weighted by Gasteiger charge is 2.19. The summed E-state index contributed by atoms with van der Waals surface area (Å²) in [5.41, 5.74) is 4.03. The number of carbonyl (C=O) groups excluding carboxylic acids is 1. The first-order chi connectivity index (χ1) is 12.2. The molecule has 0 unspecified atom stereocenters. The monoisotopic (exact) mass is 350 g/mol. The van der Waals surface area contributed by atoms with Crippen molar-refractivity contribution in [1.29, 1.82) is 0 Å². The molecule has 3 rings (SSSR count). The van der Waals surface area contributed by atoms with Crippen LogP contribution in [-0.4, -0.2) is 16.4 Å². The van der Waals surface area contributed by atoms with Crippen molar-refractivity contribution in [3.63, 3.8) is 0 Å². The van der Waals surface area contributed by atoms with E-state index in [1.807, 2.05) is 61.5 Å². The first-order valence-corrected chi connectivity index (χ1v) is 8.46. The van der Waals surface area contributed by atoms with Gasteiger partial charge in [-0.3, -0.25) is 4.79 Å². The second-order valence-corrected chi connectivity index (χ2v) is 7.24. The van der Waals surface area contributed by atoms with E-state index in [4.69, 9.17) is 4.74 Å². The molecule has 1 N–H and O–H groups in total. The number of amides is 1. The van der Waals surface area contributed by atoms with Crippen LogP contribution in [0.4, 0.5) is 4.79 Å². The number of aromatic nitrogens is 1. The van der Waals surface area contributed by atoms with Gasteiger partial charge < -0.3 is 4.74 Å². The van der Waals surface area contributed by atoms with Gasteiger partial charge >= 0.3 is 6.09 Å². The van der Waals surface area contributed by atoms with E-state index in [1.54, 1.807) is 20.8 Å². The van der Waals surface area contributed by atoms with Crippen LogP contribution in [0.15, 0.2) is 59.4 Å². The van der Waals surface area contributed by atoms with Crippen molar-refractivity contribution in [2.75, 3.05) is 5.43 Å². The van der Waals surface area contributed by atoms with Crippen LogP contribution in [0.25, 0.3) is 22.0 Å². The number of nitrogens with zero attached hydrogens (tertiary/aromatic N) is 1. The Morgan fingerprint density at radius 2 is 1.73 bits per heavy atom. The molecule has 1 amide bonds. The molecule has 0 aliphatic rings. The Balaban J connectivity index is 2.19. The molecular formula is C21H22N2O3. The molecule has 1 heterocycles. The van der Waals surface area contributed by atoms with Gasteiger partial charge in [-0.25, -0.2) is 14.9 Å². The summed E-state index contributed by atoms with van der Waals surface area (Å²) in [6.45, 7) is 7.25. The Labute approximate surface area is 152 Å². The van der Waals surface area contributed by atoms with Crippen molar-refractivity contribution < 1.29 is 9.53 Å². The topological polar surface area (TPSA) is 60.3 Å². The molecule has 3 aromatic rings. The van der Waals surface area contributed by atoms with E-state index in [0.717, 1.165) is 16.5 Å². The maximum atomic E-state index is 13.1. The maximum absolute atomic E-state index is 13.1. The number of benzene rings is 2. The Morgan fingerprint density at radius 3 is 2.38 bits per heavy atom. The third-order valence-electron chi connectivity index (χ3n) is 3.85. The molecule has 0 radical (unpaired) electrons. The van der Waals surface area contributed by atoms with Gasteiger partial charge in [-0.05, 0) is 45.2 Å². The van der Waals surface area contributed by atoms with Crippen LogP contribution in [0.5, 0.6) is 0 Å². The molecule has 5 nitrogen and oxygen atoms in total. The van der Waals surface area contributed by atoms with Gasteiger partial charge in [0.1, 0.15) is 5.60 Å². The smallest absolute Gasteiger partial charge is 0.427 e. The second-order valence-electron chi connectivity index (χ2n) is 7.24. The van der Waals surface area contributed by atoms with Gasteiger partial charge in [-0.1, -0.05) is 48.0 Å². The Kier molecular flexibility index (Phi) is 4.55. The zero-order valence-electron chi connectivity index (χ0n) is 15.4. The van der Waals surface area contributed by atoms with Crippen LogP contribution >= 0.6 is 0 Å². The number of aryl methyl sites for hydroxylation is 1. The number of pyridine rings is 1. The van der Waals surface area contributed by atoms with E-state index in [9.17, 15) is 9.59 Å². The average molecular weight is 350 g/mol. The molecule has 0 aliphatic heterocycles. The molecule has 1 aromatic heterocycles. The number of hydrogen-bond donors (Lipinski definition) is 1. The van der Waals surface area contributed by atoms with E-state index >= 15 is 0 Å². The summed E-state index contributed by atoms with van der Waals surface area (Å²) in [4.78, 5) is 25.3. The molecule has 0 saturated heterocycles. The predicted octanol–water partition coefficient (Wildman–Crippen LogP) is 4.46. The fraction of sp³-hybridized carbons (Fsp3) is 0.238. The zero-order chi connectivity index (χ0) is 18.9. The minimum atomic E-state index is -0.677. The molecule has 2 aromatic carbocycles. The maximum Gasteiger partial charge on any atom is 0.427 e. The standard InChI is InChI=1S/C21H22N2O3/c1-14-10-11-16-13-18(15-8-6-5-7-9-15)23(19(24)17(16)12-14)22-20(25)26-21(2,3)4/h5-13H,1-4H3,(H,22,25). The van der Waals surface area contributed by atoms with Crippen LogP contribution in [-0.2, 0) is 4.74 Å². The van der Waals surface area contributed by atoms with Crippen molar-refractivity contribution in [3.8, 4) is 11.3 Å². The first-order valence-electron chi connectivity index (χ1n) is 8.46. The fourth-order valence-corrected chi connectivity index (χ4v) is 2.75. The van der Waals surface area contributed by atoms with Gasteiger partial charge in [0.2, 0.25) is 0 Å². The van der Waals surface area contributed by atoms with Crippen LogP contribution in [0.3, 0.4) is 0 Å². The lowest BCUT2D eigenvalue weighted by Gasteiger charge is -2.21. The lowest BCUT2D eigenvalue weighted by molar-refractivity contribution is 0.0613. The van der Waals surface area contributed by atoms with Crippen molar-refractivity contribution in [2.45, 2.75) is 33.3 Å². The Hall–Kier alpha value is -3.08. The molecule has 0 bridgehead atoms. The van der Waals surface area contributed by atoms with Gasteiger partial charge in [-0.2, -0.15) is 0 Å². The van der Waals surface area contributed by atoms with E-state index in [-0.39, 0.29) is 5.56 Å². The molecule has 0 atom stereocenters. The number of hydrogen-bond acceptors (Lipinski definition) is 3. The molecule has 134 valence electrons. The molecule has 0 aliphatic carbocycles. The Morgan fingerprint density at radius 1 is 1.04 bits per heavy atom. The van der Waals surface area contributed by atoms with Gasteiger partial charge in [-0.15, -0.1) is 0 Å². The van der Waals surface area contributed by atoms with Gasteiger partial charge in [0.15, 0.2) is 0 Å². The number of rotatable bonds is 2. The number of ether oxygens (including phenoxy) is 1. The number of nitrogens with one attached hydrogen (secondary N) is 1. The molecule has 26 heavy (non-hydrogen) atoms. The van der Waals surface area contributed by atoms with Gasteiger partial charge in [0.05, 0.1) is 5.69 Å². The summed E-state index contributed by atoms with van der Waals surface area (Å²) < 4.78 is 6.57. The highest BCUT2D eigenvalue weighted by atomic mass is 16.6. The minimum absolute atomic E-state index is 0.295. The van der Waals surface area contributed by atoms with Crippen LogP contribution < -0.4 is 11.0 Å². The summed E-state index contributed by atoms with van der Waals surface area (Å²) >= 11 is 0. The van der Waals surface area contributed by atoms with Crippen molar-refractivity contribution in [2.24, 2.45) is 0 Å². The zero-order valence-corrected chi connectivity index (χ0v) is 15.4. The summed E-state index contributed by atoms with van der Waals surface area (Å²) in [7, 11) is 0. The third-order valence-corrected chi connectivity index (χ3v) is 3.85. The average Bonchev–Trinajstić information content (AvgIpc) is 2.57. The third kappa shape index (κ3) is 3.77. The molecular weight excluding hydrogens is 328 g/mol. The van der Waals surface area contributed by atoms with E-state index < -0.39 is 11.7 Å². The van der Waals surface area contributed by atoms with E-state index in [1.165, 1.54) is 4.68 Å². The van der Waals surface area contributed by atoms with Gasteiger partial charge in [0, 0.05) is 10.9 Å². The lowest BCUT2D eigenvalue weighted by atomic mass is 10.1. The largest absolute Gasteiger partial charge is 0.443 e. The second kappa shape index (κ2) is 6.67. The van der Waals surface area contributed by atoms with Crippen LogP contribution in [0.1, 0.15) is 26.3 Å². The minimum Gasteiger partial charge on any atom is -0.443 e. The predicted molar refractivity (Wildman–Crippen MR) is 104 cm³/mol. The Bertz CT molecular complexity index is 1020. The SMILES string of the molecule is Cc1ccc2cc(-c3ccccc3)n(NC(=O)OC(C)(C)C)c(=O)c2c1. The molecule has 0 fully saturated rings. The fourth-order valence-electron chi connectivity index (χ4n) is 2.75. The number of carbonyl (C=O) groups is 1. The van der Waals surface area contributed by atoms with Crippen molar-refractivity contribution in [1.82, 2.24) is 4.68 Å². The highest BCUT2D eigenvalue weighted by molar-refractivity contribution is 5.87. The lowest BCUT2D eigenvalue weighted by Crippen LogP contribution is -2.37. The first kappa shape index (κ1) is 17.7. The normalized spacial score (nSPS) is 11.4. The van der Waals surface area contributed by atoms with Gasteiger partial charge in [0.25, 0.3) is 5.56 Å². The molecule has 0 saturated carbocycles. The van der Waals surface area contributed by atoms with Crippen LogP contribution in [0.2, 0.25) is 0 Å². The summed E-state index contributed by atoms with van der Waals surface area (Å²) in [5, 5.41) is 1.36. The highest BCUT2D eigenvalue weighted by Crippen LogP contribution is 2.22. The van der Waals surface area contributed by atoms with Crippen molar-refractivity contribution in [3.05, 3.63) is 70.5 Å². The summed E-state index contributed by atoms with van der Waals surface area (Å²) in [6.07, 6.45) is -0.677. The molecule has 0 spiro atoms. The summed E-state index contributed by atoms with van der Waals surface area (Å²) in [6, 6.07) is 17.0. The van der Waals surface area contributed by atoms with E-state index in [0.29, 0.717) is 11.1 Å². The quantitative estimate of drug-likeness (QED) is 0.742. The van der Waals surface area contributed by atoms with Crippen LogP contribution in [0, 0.1) is 6.92 Å².